The molecule has 0 spiro atoms. The number of hydrogen-bond donors (Lipinski definition) is 5. The van der Waals surface area contributed by atoms with Gasteiger partial charge in [-0.2, -0.15) is 18.2 Å². The first kappa shape index (κ1) is 28.8. The van der Waals surface area contributed by atoms with Crippen molar-refractivity contribution in [3.8, 4) is 11.1 Å². The number of carbonyl (C=O) groups is 1. The number of amides is 2. The van der Waals surface area contributed by atoms with Gasteiger partial charge in [0.25, 0.3) is 0 Å². The van der Waals surface area contributed by atoms with Crippen molar-refractivity contribution in [2.45, 2.75) is 24.0 Å². The number of anilines is 4. The fourth-order valence-electron chi connectivity index (χ4n) is 4.18. The molecular formula is C28H26F3N7O3S. The lowest BCUT2D eigenvalue weighted by atomic mass is 10.1. The Morgan fingerprint density at radius 3 is 2.55 bits per heavy atom. The molecule has 4 bridgehead atoms. The van der Waals surface area contributed by atoms with Crippen LogP contribution in [0.1, 0.15) is 17.5 Å². The molecule has 0 radical (unpaired) electrons. The van der Waals surface area contributed by atoms with E-state index in [4.69, 9.17) is 0 Å². The minimum atomic E-state index is -4.51. The largest absolute Gasteiger partial charge is 0.416 e. The zero-order valence-electron chi connectivity index (χ0n) is 22.0. The van der Waals surface area contributed by atoms with Gasteiger partial charge in [0.1, 0.15) is 5.82 Å². The highest BCUT2D eigenvalue weighted by Crippen LogP contribution is 2.31. The highest BCUT2D eigenvalue weighted by Gasteiger charge is 2.30. The third-order valence-corrected chi connectivity index (χ3v) is 7.75. The van der Waals surface area contributed by atoms with Gasteiger partial charge in [-0.25, -0.2) is 22.9 Å². The van der Waals surface area contributed by atoms with Crippen molar-refractivity contribution in [1.29, 1.82) is 0 Å². The number of hydrogen-bond acceptors (Lipinski definition) is 7. The van der Waals surface area contributed by atoms with E-state index >= 15 is 0 Å². The molecule has 1 aromatic heterocycles. The minimum absolute atomic E-state index is 0.0300. The standard InChI is InChI=1S/C28H26F3N7O3S/c29-28(30,31)20-4-1-5-21(14-20)37-27(39)34-16-18-8-10-19(11-9-18)24-17-33-26-36-22-6-2-7-23(15-22)42(40,41)35-13-3-12-32-25(24)38-26/h1-2,4-11,14-15,17,35H,3,12-13,16H2,(H2,34,37,39)(H2,32,33,36,38). The summed E-state index contributed by atoms with van der Waals surface area (Å²) in [5, 5.41) is 11.3. The van der Waals surface area contributed by atoms with Crippen molar-refractivity contribution < 1.29 is 26.4 Å². The molecule has 0 unspecified atom stereocenters. The van der Waals surface area contributed by atoms with Crippen LogP contribution in [0, 0.1) is 0 Å². The highest BCUT2D eigenvalue weighted by atomic mass is 32.2. The molecule has 0 fully saturated rings. The predicted molar refractivity (Wildman–Crippen MR) is 153 cm³/mol. The first-order valence-corrected chi connectivity index (χ1v) is 14.3. The molecule has 1 aliphatic rings. The van der Waals surface area contributed by atoms with Gasteiger partial charge in [0, 0.05) is 42.8 Å². The second kappa shape index (κ2) is 12.0. The highest BCUT2D eigenvalue weighted by molar-refractivity contribution is 7.89. The number of halogens is 3. The zero-order chi connectivity index (χ0) is 29.7. The van der Waals surface area contributed by atoms with Crippen LogP contribution in [0.15, 0.2) is 83.9 Å². The lowest BCUT2D eigenvalue weighted by Gasteiger charge is -2.14. The normalized spacial score (nSPS) is 14.6. The number of nitrogens with one attached hydrogen (secondary N) is 5. The SMILES string of the molecule is O=C(NCc1ccc(-c2cnc3nc2NCCCNS(=O)(=O)c2cccc(c2)N3)cc1)Nc1cccc(C(F)(F)F)c1. The average Bonchev–Trinajstić information content (AvgIpc) is 2.96. The molecule has 4 aromatic rings. The third-order valence-electron chi connectivity index (χ3n) is 6.29. The minimum Gasteiger partial charge on any atom is -0.369 e. The molecule has 0 aliphatic carbocycles. The van der Waals surface area contributed by atoms with Crippen LogP contribution in [0.2, 0.25) is 0 Å². The predicted octanol–water partition coefficient (Wildman–Crippen LogP) is 5.32. The summed E-state index contributed by atoms with van der Waals surface area (Å²) in [5.41, 5.74) is 1.97. The Bertz CT molecular complexity index is 1700. The Kier molecular flexibility index (Phi) is 8.27. The Morgan fingerprint density at radius 1 is 0.976 bits per heavy atom. The summed E-state index contributed by atoms with van der Waals surface area (Å²) < 4.78 is 66.5. The van der Waals surface area contributed by atoms with Crippen molar-refractivity contribution in [1.82, 2.24) is 20.0 Å². The monoisotopic (exact) mass is 597 g/mol. The molecule has 3 aromatic carbocycles. The first-order chi connectivity index (χ1) is 20.1. The van der Waals surface area contributed by atoms with Gasteiger partial charge in [-0.3, -0.25) is 0 Å². The number of carbonyl (C=O) groups excluding carboxylic acids is 1. The quantitative estimate of drug-likeness (QED) is 0.215. The summed E-state index contributed by atoms with van der Waals surface area (Å²) in [6.07, 6.45) is -2.34. The maximum atomic E-state index is 12.9. The van der Waals surface area contributed by atoms with Gasteiger partial charge in [-0.05, 0) is 53.9 Å². The lowest BCUT2D eigenvalue weighted by molar-refractivity contribution is -0.137. The summed E-state index contributed by atoms with van der Waals surface area (Å²) in [5.74, 6) is 0.840. The van der Waals surface area contributed by atoms with Crippen molar-refractivity contribution >= 4 is 39.2 Å². The van der Waals surface area contributed by atoms with Crippen LogP contribution < -0.4 is 26.0 Å². The van der Waals surface area contributed by atoms with Crippen LogP contribution >= 0.6 is 0 Å². The van der Waals surface area contributed by atoms with Crippen molar-refractivity contribution in [2.24, 2.45) is 0 Å². The fourth-order valence-corrected chi connectivity index (χ4v) is 5.30. The van der Waals surface area contributed by atoms with E-state index in [0.29, 0.717) is 30.0 Å². The smallest absolute Gasteiger partial charge is 0.369 e. The van der Waals surface area contributed by atoms with Crippen LogP contribution in [-0.4, -0.2) is 37.5 Å². The summed E-state index contributed by atoms with van der Waals surface area (Å²) in [6, 6.07) is 17.4. The molecule has 14 heteroatoms. The number of benzene rings is 3. The van der Waals surface area contributed by atoms with Gasteiger partial charge in [-0.1, -0.05) is 36.4 Å². The second-order valence-corrected chi connectivity index (χ2v) is 11.1. The molecule has 0 saturated carbocycles. The van der Waals surface area contributed by atoms with E-state index in [0.717, 1.165) is 23.3 Å². The van der Waals surface area contributed by atoms with Gasteiger partial charge in [0.15, 0.2) is 0 Å². The van der Waals surface area contributed by atoms with E-state index < -0.39 is 27.8 Å². The van der Waals surface area contributed by atoms with Gasteiger partial charge < -0.3 is 21.3 Å². The molecule has 0 saturated heterocycles. The second-order valence-electron chi connectivity index (χ2n) is 9.37. The van der Waals surface area contributed by atoms with E-state index in [1.807, 2.05) is 12.1 Å². The van der Waals surface area contributed by atoms with Gasteiger partial charge >= 0.3 is 12.2 Å². The Labute approximate surface area is 239 Å². The Hall–Kier alpha value is -4.69. The number of aromatic nitrogens is 2. The van der Waals surface area contributed by atoms with Crippen LogP contribution in [0.3, 0.4) is 0 Å². The summed E-state index contributed by atoms with van der Waals surface area (Å²) in [7, 11) is -3.65. The number of alkyl halides is 3. The van der Waals surface area contributed by atoms with E-state index in [-0.39, 0.29) is 29.6 Å². The lowest BCUT2D eigenvalue weighted by Crippen LogP contribution is -2.28. The van der Waals surface area contributed by atoms with Gasteiger partial charge in [-0.15, -0.1) is 0 Å². The van der Waals surface area contributed by atoms with Gasteiger partial charge in [0.2, 0.25) is 16.0 Å². The van der Waals surface area contributed by atoms with E-state index in [1.165, 1.54) is 24.3 Å². The topological polar surface area (TPSA) is 137 Å². The van der Waals surface area contributed by atoms with E-state index in [9.17, 15) is 26.4 Å². The number of urea groups is 1. The summed E-state index contributed by atoms with van der Waals surface area (Å²) in [6.45, 7) is 0.834. The molecule has 42 heavy (non-hydrogen) atoms. The maximum Gasteiger partial charge on any atom is 0.416 e. The number of sulfonamides is 1. The molecule has 5 N–H and O–H groups in total. The summed E-state index contributed by atoms with van der Waals surface area (Å²) >= 11 is 0. The molecule has 5 rings (SSSR count). The van der Waals surface area contributed by atoms with Crippen LogP contribution in [0.25, 0.3) is 11.1 Å². The molecule has 10 nitrogen and oxygen atoms in total. The molecule has 218 valence electrons. The van der Waals surface area contributed by atoms with Gasteiger partial charge in [0.05, 0.1) is 10.5 Å². The van der Waals surface area contributed by atoms with Crippen molar-refractivity contribution in [3.63, 3.8) is 0 Å². The van der Waals surface area contributed by atoms with E-state index in [1.54, 1.807) is 30.5 Å². The Balaban J connectivity index is 1.27. The fraction of sp³-hybridized carbons (Fsp3) is 0.179. The van der Waals surface area contributed by atoms with Crippen LogP contribution in [-0.2, 0) is 22.7 Å². The number of fused-ring (bicyclic) bond motifs is 4. The number of nitrogens with zero attached hydrogens (tertiary/aromatic N) is 2. The third kappa shape index (κ3) is 7.14. The van der Waals surface area contributed by atoms with Crippen molar-refractivity contribution in [3.05, 3.63) is 90.1 Å². The molecular weight excluding hydrogens is 571 g/mol. The molecule has 1 aliphatic heterocycles. The average molecular weight is 598 g/mol. The Morgan fingerprint density at radius 2 is 1.76 bits per heavy atom. The van der Waals surface area contributed by atoms with Crippen molar-refractivity contribution in [2.75, 3.05) is 29.0 Å². The molecule has 0 atom stereocenters. The molecule has 2 heterocycles. The van der Waals surface area contributed by atoms with E-state index in [2.05, 4.69) is 36.0 Å². The maximum absolute atomic E-state index is 12.9. The zero-order valence-corrected chi connectivity index (χ0v) is 22.8. The number of rotatable bonds is 4. The molecule has 2 amide bonds. The summed E-state index contributed by atoms with van der Waals surface area (Å²) in [4.78, 5) is 21.4. The van der Waals surface area contributed by atoms with Crippen LogP contribution in [0.4, 0.5) is 41.1 Å². The first-order valence-electron chi connectivity index (χ1n) is 12.9. The van der Waals surface area contributed by atoms with Crippen LogP contribution in [0.5, 0.6) is 0 Å².